The molecule has 1 amide bonds. The van der Waals surface area contributed by atoms with Crippen LogP contribution < -0.4 is 5.32 Å². The molecule has 0 radical (unpaired) electrons. The third-order valence-corrected chi connectivity index (χ3v) is 2.91. The maximum absolute atomic E-state index is 12.1. The Bertz CT molecular complexity index is 672. The van der Waals surface area contributed by atoms with Crippen molar-refractivity contribution in [2.24, 2.45) is 0 Å². The van der Waals surface area contributed by atoms with Crippen molar-refractivity contribution in [2.75, 3.05) is 5.32 Å². The molecule has 4 heteroatoms. The number of nitrogens with one attached hydrogen (secondary N) is 1. The monoisotopic (exact) mass is 266 g/mol. The van der Waals surface area contributed by atoms with Crippen LogP contribution in [0.25, 0.3) is 6.08 Å². The molecule has 0 unspecified atom stereocenters. The fourth-order valence-corrected chi connectivity index (χ4v) is 1.86. The van der Waals surface area contributed by atoms with Crippen molar-refractivity contribution in [1.82, 2.24) is 0 Å². The minimum absolute atomic E-state index is 0.00241. The van der Waals surface area contributed by atoms with Gasteiger partial charge in [0, 0.05) is 11.8 Å². The van der Waals surface area contributed by atoms with Crippen LogP contribution in [0.5, 0.6) is 0 Å². The Kier molecular flexibility index (Phi) is 4.02. The number of furan rings is 1. The lowest BCUT2D eigenvalue weighted by atomic mass is 10.1. The normalized spacial score (nSPS) is 10.9. The lowest BCUT2D eigenvalue weighted by Gasteiger charge is -2.10. The van der Waals surface area contributed by atoms with Crippen LogP contribution >= 0.6 is 0 Å². The van der Waals surface area contributed by atoms with Gasteiger partial charge in [-0.05, 0) is 37.1 Å². The quantitative estimate of drug-likeness (QED) is 0.683. The van der Waals surface area contributed by atoms with E-state index >= 15 is 0 Å². The fraction of sp³-hybridized carbons (Fsp3) is 0.125. The molecule has 2 aromatic rings. The first kappa shape index (κ1) is 13.6. The fourth-order valence-electron chi connectivity index (χ4n) is 1.86. The number of rotatable bonds is 3. The molecular weight excluding hydrogens is 252 g/mol. The van der Waals surface area contributed by atoms with E-state index in [-0.39, 0.29) is 5.57 Å². The number of hydrogen-bond donors (Lipinski definition) is 1. The molecule has 1 N–H and O–H groups in total. The number of nitrogens with zero attached hydrogens (tertiary/aromatic N) is 1. The highest BCUT2D eigenvalue weighted by Crippen LogP contribution is 2.20. The molecule has 0 fully saturated rings. The Morgan fingerprint density at radius 1 is 1.25 bits per heavy atom. The van der Waals surface area contributed by atoms with Crippen LogP contribution in [0.4, 0.5) is 5.69 Å². The van der Waals surface area contributed by atoms with E-state index in [2.05, 4.69) is 5.32 Å². The van der Waals surface area contributed by atoms with Crippen molar-refractivity contribution in [3.63, 3.8) is 0 Å². The summed E-state index contributed by atoms with van der Waals surface area (Å²) in [5, 5.41) is 11.9. The smallest absolute Gasteiger partial charge is 0.266 e. The summed E-state index contributed by atoms with van der Waals surface area (Å²) in [6, 6.07) is 11.0. The maximum atomic E-state index is 12.1. The first-order chi connectivity index (χ1) is 9.61. The average molecular weight is 266 g/mol. The number of para-hydroxylation sites is 1. The molecule has 0 spiro atoms. The van der Waals surface area contributed by atoms with Gasteiger partial charge < -0.3 is 9.73 Å². The largest absolute Gasteiger partial charge is 0.465 e. The zero-order valence-corrected chi connectivity index (χ0v) is 11.3. The minimum Gasteiger partial charge on any atom is -0.465 e. The van der Waals surface area contributed by atoms with Crippen molar-refractivity contribution in [3.05, 3.63) is 59.1 Å². The van der Waals surface area contributed by atoms with Gasteiger partial charge in [0.15, 0.2) is 0 Å². The van der Waals surface area contributed by atoms with Gasteiger partial charge >= 0.3 is 0 Å². The summed E-state index contributed by atoms with van der Waals surface area (Å²) in [7, 11) is 0. The molecule has 20 heavy (non-hydrogen) atoms. The highest BCUT2D eigenvalue weighted by molar-refractivity contribution is 6.10. The van der Waals surface area contributed by atoms with Crippen molar-refractivity contribution in [2.45, 2.75) is 13.8 Å². The minimum atomic E-state index is -0.443. The second-order valence-corrected chi connectivity index (χ2v) is 4.41. The van der Waals surface area contributed by atoms with Crippen molar-refractivity contribution < 1.29 is 9.21 Å². The number of anilines is 1. The number of benzene rings is 1. The summed E-state index contributed by atoms with van der Waals surface area (Å²) in [5.74, 6) is 0.0273. The molecule has 1 heterocycles. The molecule has 1 aromatic carbocycles. The zero-order valence-electron chi connectivity index (χ0n) is 11.3. The molecule has 1 aromatic heterocycles. The third-order valence-electron chi connectivity index (χ3n) is 2.91. The van der Waals surface area contributed by atoms with Gasteiger partial charge in [0.05, 0.1) is 6.26 Å². The molecular formula is C16H14N2O2. The topological polar surface area (TPSA) is 66.0 Å². The molecule has 0 aliphatic heterocycles. The Balaban J connectivity index is 2.25. The average Bonchev–Trinajstić information content (AvgIpc) is 2.93. The van der Waals surface area contributed by atoms with E-state index in [1.54, 1.807) is 12.1 Å². The number of hydrogen-bond acceptors (Lipinski definition) is 3. The molecule has 0 bridgehead atoms. The molecule has 0 aliphatic rings. The summed E-state index contributed by atoms with van der Waals surface area (Å²) >= 11 is 0. The third kappa shape index (κ3) is 2.96. The Morgan fingerprint density at radius 2 is 1.95 bits per heavy atom. The standard InChI is InChI=1S/C16H14N2O2/c1-11-5-3-6-12(2)15(11)18-16(19)13(10-17)9-14-7-4-8-20-14/h3-9H,1-2H3,(H,18,19)/b13-9+. The Labute approximate surface area is 117 Å². The molecule has 0 atom stereocenters. The number of nitriles is 1. The molecule has 2 rings (SSSR count). The Morgan fingerprint density at radius 3 is 2.50 bits per heavy atom. The molecule has 0 saturated heterocycles. The van der Waals surface area contributed by atoms with Gasteiger partial charge in [-0.2, -0.15) is 5.26 Å². The van der Waals surface area contributed by atoms with Crippen molar-refractivity contribution >= 4 is 17.7 Å². The highest BCUT2D eigenvalue weighted by Gasteiger charge is 2.12. The molecule has 0 saturated carbocycles. The summed E-state index contributed by atoms with van der Waals surface area (Å²) in [6.45, 7) is 3.82. The predicted octanol–water partition coefficient (Wildman–Crippen LogP) is 3.44. The van der Waals surface area contributed by atoms with E-state index in [1.165, 1.54) is 12.3 Å². The number of amides is 1. The van der Waals surface area contributed by atoms with Gasteiger partial charge in [-0.15, -0.1) is 0 Å². The van der Waals surface area contributed by atoms with Gasteiger partial charge in [0.25, 0.3) is 5.91 Å². The van der Waals surface area contributed by atoms with Gasteiger partial charge in [-0.1, -0.05) is 18.2 Å². The van der Waals surface area contributed by atoms with E-state index in [4.69, 9.17) is 9.68 Å². The van der Waals surface area contributed by atoms with Crippen LogP contribution in [0.2, 0.25) is 0 Å². The van der Waals surface area contributed by atoms with Crippen molar-refractivity contribution in [3.8, 4) is 6.07 Å². The zero-order chi connectivity index (χ0) is 14.5. The maximum Gasteiger partial charge on any atom is 0.266 e. The van der Waals surface area contributed by atoms with E-state index in [0.29, 0.717) is 5.76 Å². The van der Waals surface area contributed by atoms with Crippen LogP contribution in [0, 0.1) is 25.2 Å². The summed E-state index contributed by atoms with van der Waals surface area (Å²) in [6.07, 6.45) is 2.91. The van der Waals surface area contributed by atoms with Crippen LogP contribution in [-0.2, 0) is 4.79 Å². The first-order valence-corrected chi connectivity index (χ1v) is 6.14. The predicted molar refractivity (Wildman–Crippen MR) is 76.8 cm³/mol. The van der Waals surface area contributed by atoms with Crippen LogP contribution in [0.3, 0.4) is 0 Å². The molecule has 0 aliphatic carbocycles. The van der Waals surface area contributed by atoms with Crippen LogP contribution in [-0.4, -0.2) is 5.91 Å². The summed E-state index contributed by atoms with van der Waals surface area (Å²) < 4.78 is 5.11. The molecule has 4 nitrogen and oxygen atoms in total. The second-order valence-electron chi connectivity index (χ2n) is 4.41. The van der Waals surface area contributed by atoms with Gasteiger partial charge in [0.1, 0.15) is 17.4 Å². The molecule has 100 valence electrons. The van der Waals surface area contributed by atoms with E-state index in [0.717, 1.165) is 16.8 Å². The number of carbonyl (C=O) groups is 1. The van der Waals surface area contributed by atoms with E-state index in [9.17, 15) is 4.79 Å². The SMILES string of the molecule is Cc1cccc(C)c1NC(=O)/C(C#N)=C/c1ccco1. The van der Waals surface area contributed by atoms with Crippen molar-refractivity contribution in [1.29, 1.82) is 5.26 Å². The van der Waals surface area contributed by atoms with Gasteiger partial charge in [-0.3, -0.25) is 4.79 Å². The summed E-state index contributed by atoms with van der Waals surface area (Å²) in [5.41, 5.74) is 2.64. The summed E-state index contributed by atoms with van der Waals surface area (Å²) in [4.78, 5) is 12.1. The number of aryl methyl sites for hydroxylation is 2. The van der Waals surface area contributed by atoms with Gasteiger partial charge in [-0.25, -0.2) is 0 Å². The number of carbonyl (C=O) groups excluding carboxylic acids is 1. The van der Waals surface area contributed by atoms with Crippen LogP contribution in [0.1, 0.15) is 16.9 Å². The lowest BCUT2D eigenvalue weighted by Crippen LogP contribution is -2.15. The first-order valence-electron chi connectivity index (χ1n) is 6.14. The van der Waals surface area contributed by atoms with Gasteiger partial charge in [0.2, 0.25) is 0 Å². The highest BCUT2D eigenvalue weighted by atomic mass is 16.3. The lowest BCUT2D eigenvalue weighted by molar-refractivity contribution is -0.112. The second kappa shape index (κ2) is 5.89. The van der Waals surface area contributed by atoms with E-state index in [1.807, 2.05) is 38.1 Å². The Hall–Kier alpha value is -2.80. The van der Waals surface area contributed by atoms with Crippen LogP contribution in [0.15, 0.2) is 46.6 Å². The van der Waals surface area contributed by atoms with E-state index < -0.39 is 5.91 Å².